The van der Waals surface area contributed by atoms with Gasteiger partial charge < -0.3 is 10.5 Å². The lowest BCUT2D eigenvalue weighted by molar-refractivity contribution is 0.259. The number of thioether (sulfide) groups is 1. The summed E-state index contributed by atoms with van der Waals surface area (Å²) in [7, 11) is 0. The fourth-order valence-electron chi connectivity index (χ4n) is 2.42. The second-order valence-electron chi connectivity index (χ2n) is 5.31. The van der Waals surface area contributed by atoms with Crippen molar-refractivity contribution in [3.8, 4) is 5.75 Å². The molecule has 1 aliphatic rings. The van der Waals surface area contributed by atoms with E-state index >= 15 is 0 Å². The monoisotopic (exact) mass is 368 g/mol. The number of fused-ring (bicyclic) bond motifs is 1. The molecule has 1 aromatic carbocycles. The van der Waals surface area contributed by atoms with E-state index in [1.807, 2.05) is 16.7 Å². The molecule has 2 aromatic rings. The zero-order valence-electron chi connectivity index (χ0n) is 11.9. The van der Waals surface area contributed by atoms with Crippen molar-refractivity contribution in [1.29, 1.82) is 0 Å². The second kappa shape index (κ2) is 5.88. The maximum atomic E-state index is 5.96. The highest BCUT2D eigenvalue weighted by Crippen LogP contribution is 2.33. The summed E-state index contributed by atoms with van der Waals surface area (Å²) in [6.07, 6.45) is 1.09. The Hall–Kier alpha value is -1.21. The molecule has 0 saturated heterocycles. The molecule has 2 N–H and O–H groups in total. The lowest BCUT2D eigenvalue weighted by Gasteiger charge is -2.13. The number of ether oxygens (including phenoxy) is 1. The number of rotatable bonds is 4. The van der Waals surface area contributed by atoms with Crippen LogP contribution in [-0.4, -0.2) is 26.6 Å². The molecule has 1 aliphatic heterocycles. The third-order valence-electron chi connectivity index (χ3n) is 3.37. The molecule has 0 saturated carbocycles. The van der Waals surface area contributed by atoms with E-state index in [0.29, 0.717) is 5.95 Å². The predicted octanol–water partition coefficient (Wildman–Crippen LogP) is 3.30. The summed E-state index contributed by atoms with van der Waals surface area (Å²) in [5.74, 6) is 2.28. The van der Waals surface area contributed by atoms with Crippen LogP contribution >= 0.6 is 27.7 Å². The number of nitrogen functional groups attached to an aromatic ring is 1. The normalized spacial score (nSPS) is 17.0. The molecule has 0 radical (unpaired) electrons. The zero-order valence-corrected chi connectivity index (χ0v) is 14.3. The molecule has 2 heterocycles. The maximum Gasteiger partial charge on any atom is 0.222 e. The van der Waals surface area contributed by atoms with E-state index in [1.165, 1.54) is 5.56 Å². The minimum Gasteiger partial charge on any atom is -0.489 e. The number of hydrogen-bond donors (Lipinski definition) is 1. The molecule has 0 spiro atoms. The molecule has 7 heteroatoms. The van der Waals surface area contributed by atoms with Crippen molar-refractivity contribution < 1.29 is 4.74 Å². The van der Waals surface area contributed by atoms with E-state index in [9.17, 15) is 0 Å². The summed E-state index contributed by atoms with van der Waals surface area (Å²) in [5, 5.41) is 8.96. The Bertz CT molecular complexity index is 658. The Kier molecular flexibility index (Phi) is 4.12. The molecular formula is C14H17BrN4OS. The van der Waals surface area contributed by atoms with Gasteiger partial charge in [-0.25, -0.2) is 0 Å². The molecular weight excluding hydrogens is 352 g/mol. The van der Waals surface area contributed by atoms with Gasteiger partial charge in [0.1, 0.15) is 11.9 Å². The molecule has 1 unspecified atom stereocenters. The molecule has 0 bridgehead atoms. The van der Waals surface area contributed by atoms with Gasteiger partial charge in [-0.15, -0.1) is 10.2 Å². The van der Waals surface area contributed by atoms with Crippen LogP contribution in [0, 0.1) is 0 Å². The first-order chi connectivity index (χ1) is 10.0. The van der Waals surface area contributed by atoms with Crippen molar-refractivity contribution in [2.75, 3.05) is 11.5 Å². The Labute approximate surface area is 136 Å². The lowest BCUT2D eigenvalue weighted by atomic mass is 10.1. The van der Waals surface area contributed by atoms with E-state index in [2.05, 4.69) is 46.0 Å². The quantitative estimate of drug-likeness (QED) is 0.838. The van der Waals surface area contributed by atoms with Gasteiger partial charge in [0.05, 0.1) is 0 Å². The number of nitrogens with two attached hydrogens (primary N) is 1. The summed E-state index contributed by atoms with van der Waals surface area (Å²) in [5.41, 5.74) is 7.10. The van der Waals surface area contributed by atoms with Gasteiger partial charge in [0.15, 0.2) is 5.16 Å². The third kappa shape index (κ3) is 3.03. The Morgan fingerprint density at radius 1 is 1.48 bits per heavy atom. The van der Waals surface area contributed by atoms with Crippen molar-refractivity contribution in [3.63, 3.8) is 0 Å². The molecule has 0 aliphatic carbocycles. The van der Waals surface area contributed by atoms with Crippen LogP contribution in [0.4, 0.5) is 5.95 Å². The predicted molar refractivity (Wildman–Crippen MR) is 87.8 cm³/mol. The molecule has 0 amide bonds. The Morgan fingerprint density at radius 3 is 3.05 bits per heavy atom. The van der Waals surface area contributed by atoms with Gasteiger partial charge in [0, 0.05) is 22.7 Å². The summed E-state index contributed by atoms with van der Waals surface area (Å²) >= 11 is 5.13. The number of aromatic nitrogens is 3. The molecule has 0 fully saturated rings. The van der Waals surface area contributed by atoms with Crippen molar-refractivity contribution in [1.82, 2.24) is 14.8 Å². The highest BCUT2D eigenvalue weighted by molar-refractivity contribution is 9.10. The fourth-order valence-corrected chi connectivity index (χ4v) is 3.89. The minimum atomic E-state index is 0.165. The standard InChI is InChI=1S/C14H17BrN4OS/c1-8(2)19-13(16)17-18-14(19)21-7-11-6-9-5-10(15)3-4-12(9)20-11/h3-5,8,11H,6-7H2,1-2H3,(H2,16,17). The highest BCUT2D eigenvalue weighted by atomic mass is 79.9. The van der Waals surface area contributed by atoms with E-state index in [1.54, 1.807) is 11.8 Å². The van der Waals surface area contributed by atoms with Gasteiger partial charge in [0.25, 0.3) is 0 Å². The molecule has 3 rings (SSSR count). The average Bonchev–Trinajstić information content (AvgIpc) is 2.98. The largest absolute Gasteiger partial charge is 0.489 e. The highest BCUT2D eigenvalue weighted by Gasteiger charge is 2.24. The van der Waals surface area contributed by atoms with Crippen LogP contribution in [0.25, 0.3) is 0 Å². The number of hydrogen-bond acceptors (Lipinski definition) is 5. The van der Waals surface area contributed by atoms with Gasteiger partial charge in [-0.3, -0.25) is 4.57 Å². The SMILES string of the molecule is CC(C)n1c(N)nnc1SCC1Cc2cc(Br)ccc2O1. The van der Waals surface area contributed by atoms with E-state index in [0.717, 1.165) is 27.6 Å². The maximum absolute atomic E-state index is 5.96. The van der Waals surface area contributed by atoms with E-state index < -0.39 is 0 Å². The minimum absolute atomic E-state index is 0.165. The molecule has 5 nitrogen and oxygen atoms in total. The average molecular weight is 369 g/mol. The van der Waals surface area contributed by atoms with Crippen molar-refractivity contribution in [3.05, 3.63) is 28.2 Å². The zero-order chi connectivity index (χ0) is 15.0. The van der Waals surface area contributed by atoms with Crippen molar-refractivity contribution >= 4 is 33.6 Å². The van der Waals surface area contributed by atoms with Crippen LogP contribution in [0.1, 0.15) is 25.5 Å². The first-order valence-corrected chi connectivity index (χ1v) is 8.60. The Balaban J connectivity index is 1.65. The van der Waals surface area contributed by atoms with Gasteiger partial charge in [-0.2, -0.15) is 0 Å². The van der Waals surface area contributed by atoms with Crippen LogP contribution in [0.2, 0.25) is 0 Å². The Morgan fingerprint density at radius 2 is 2.29 bits per heavy atom. The van der Waals surface area contributed by atoms with Gasteiger partial charge in [-0.05, 0) is 37.6 Å². The first kappa shape index (κ1) is 14.7. The van der Waals surface area contributed by atoms with Gasteiger partial charge in [0.2, 0.25) is 5.95 Å². The van der Waals surface area contributed by atoms with Crippen LogP contribution in [0.3, 0.4) is 0 Å². The fraction of sp³-hybridized carbons (Fsp3) is 0.429. The van der Waals surface area contributed by atoms with Gasteiger partial charge in [-0.1, -0.05) is 27.7 Å². The molecule has 1 atom stereocenters. The molecule has 1 aromatic heterocycles. The summed E-state index contributed by atoms with van der Waals surface area (Å²) in [6.45, 7) is 4.15. The lowest BCUT2D eigenvalue weighted by Crippen LogP contribution is -2.16. The topological polar surface area (TPSA) is 66.0 Å². The number of anilines is 1. The summed E-state index contributed by atoms with van der Waals surface area (Å²) in [6, 6.07) is 6.39. The van der Waals surface area contributed by atoms with Gasteiger partial charge >= 0.3 is 0 Å². The number of benzene rings is 1. The third-order valence-corrected chi connectivity index (χ3v) is 4.94. The summed E-state index contributed by atoms with van der Waals surface area (Å²) in [4.78, 5) is 0. The second-order valence-corrected chi connectivity index (χ2v) is 7.21. The number of halogens is 1. The van der Waals surface area contributed by atoms with Crippen LogP contribution in [-0.2, 0) is 6.42 Å². The van der Waals surface area contributed by atoms with Crippen molar-refractivity contribution in [2.24, 2.45) is 0 Å². The van der Waals surface area contributed by atoms with E-state index in [4.69, 9.17) is 10.5 Å². The smallest absolute Gasteiger partial charge is 0.222 e. The van der Waals surface area contributed by atoms with Crippen LogP contribution in [0.5, 0.6) is 5.75 Å². The summed E-state index contributed by atoms with van der Waals surface area (Å²) < 4.78 is 9.00. The van der Waals surface area contributed by atoms with Crippen LogP contribution < -0.4 is 10.5 Å². The van der Waals surface area contributed by atoms with Crippen molar-refractivity contribution in [2.45, 2.75) is 37.6 Å². The first-order valence-electron chi connectivity index (χ1n) is 6.83. The molecule has 21 heavy (non-hydrogen) atoms. The number of nitrogens with zero attached hydrogens (tertiary/aromatic N) is 3. The molecule has 112 valence electrons. The van der Waals surface area contributed by atoms with Crippen LogP contribution in [0.15, 0.2) is 27.8 Å². The van der Waals surface area contributed by atoms with E-state index in [-0.39, 0.29) is 12.1 Å².